The van der Waals surface area contributed by atoms with Crippen molar-refractivity contribution in [2.45, 2.75) is 26.7 Å². The number of anilines is 2. The zero-order chi connectivity index (χ0) is 13.8. The molecule has 4 nitrogen and oxygen atoms in total. The van der Waals surface area contributed by atoms with Crippen molar-refractivity contribution >= 4 is 17.3 Å². The predicted molar refractivity (Wildman–Crippen MR) is 77.4 cm³/mol. The molecule has 1 unspecified atom stereocenters. The molecule has 0 aromatic heterocycles. The molecule has 4 heteroatoms. The lowest BCUT2D eigenvalue weighted by atomic mass is 9.98. The minimum atomic E-state index is -0.289. The molecule has 1 saturated heterocycles. The highest BCUT2D eigenvalue weighted by molar-refractivity contribution is 5.97. The fourth-order valence-corrected chi connectivity index (χ4v) is 2.61. The Morgan fingerprint density at radius 3 is 3.00 bits per heavy atom. The predicted octanol–water partition coefficient (Wildman–Crippen LogP) is 2.68. The molecule has 1 fully saturated rings. The second-order valence-electron chi connectivity index (χ2n) is 5.19. The van der Waals surface area contributed by atoms with Crippen LogP contribution in [0.2, 0.25) is 0 Å². The molecule has 1 aliphatic heterocycles. The summed E-state index contributed by atoms with van der Waals surface area (Å²) in [4.78, 5) is 14.3. The molecule has 2 N–H and O–H groups in total. The van der Waals surface area contributed by atoms with Gasteiger partial charge in [-0.3, -0.25) is 0 Å². The Hall–Kier alpha value is -1.71. The van der Waals surface area contributed by atoms with Crippen molar-refractivity contribution in [3.8, 4) is 0 Å². The number of nitrogen functional groups attached to an aromatic ring is 1. The summed E-state index contributed by atoms with van der Waals surface area (Å²) in [6, 6.07) is 5.49. The molecule has 1 aromatic carbocycles. The quantitative estimate of drug-likeness (QED) is 0.672. The Morgan fingerprint density at radius 2 is 2.32 bits per heavy atom. The van der Waals surface area contributed by atoms with Gasteiger partial charge < -0.3 is 15.4 Å². The number of nitrogens with two attached hydrogens (primary N) is 1. The molecular weight excluding hydrogens is 240 g/mol. The number of hydrogen-bond donors (Lipinski definition) is 1. The van der Waals surface area contributed by atoms with Crippen LogP contribution in [-0.4, -0.2) is 25.7 Å². The van der Waals surface area contributed by atoms with Crippen LogP contribution in [0.1, 0.15) is 37.0 Å². The summed E-state index contributed by atoms with van der Waals surface area (Å²) >= 11 is 0. The van der Waals surface area contributed by atoms with Crippen molar-refractivity contribution in [3.63, 3.8) is 0 Å². The molecule has 0 radical (unpaired) electrons. The summed E-state index contributed by atoms with van der Waals surface area (Å²) in [7, 11) is 0. The summed E-state index contributed by atoms with van der Waals surface area (Å²) in [5.74, 6) is 0.365. The van der Waals surface area contributed by atoms with Crippen LogP contribution in [0, 0.1) is 5.92 Å². The van der Waals surface area contributed by atoms with Crippen molar-refractivity contribution in [1.29, 1.82) is 0 Å². The van der Waals surface area contributed by atoms with Crippen molar-refractivity contribution in [1.82, 2.24) is 0 Å². The molecule has 0 spiro atoms. The van der Waals surface area contributed by atoms with E-state index in [0.29, 0.717) is 23.8 Å². The molecule has 0 saturated carbocycles. The highest BCUT2D eigenvalue weighted by Crippen LogP contribution is 2.28. The molecule has 2 rings (SSSR count). The maximum atomic E-state index is 12.0. The van der Waals surface area contributed by atoms with Crippen LogP contribution in [0.5, 0.6) is 0 Å². The Morgan fingerprint density at radius 1 is 1.53 bits per heavy atom. The van der Waals surface area contributed by atoms with Crippen LogP contribution in [0.3, 0.4) is 0 Å². The van der Waals surface area contributed by atoms with Crippen LogP contribution >= 0.6 is 0 Å². The summed E-state index contributed by atoms with van der Waals surface area (Å²) in [6.07, 6.45) is 2.41. The molecule has 1 atom stereocenters. The minimum absolute atomic E-state index is 0.289. The first-order chi connectivity index (χ1) is 9.11. The van der Waals surface area contributed by atoms with Crippen LogP contribution in [-0.2, 0) is 4.74 Å². The molecule has 0 amide bonds. The van der Waals surface area contributed by atoms with E-state index in [1.165, 1.54) is 6.42 Å². The number of esters is 1. The first-order valence-electron chi connectivity index (χ1n) is 6.93. The third-order valence-electron chi connectivity index (χ3n) is 3.51. The summed E-state index contributed by atoms with van der Waals surface area (Å²) in [5, 5.41) is 0. The van der Waals surface area contributed by atoms with Gasteiger partial charge >= 0.3 is 5.97 Å². The zero-order valence-corrected chi connectivity index (χ0v) is 11.7. The topological polar surface area (TPSA) is 55.6 Å². The number of nitrogens with zero attached hydrogens (tertiary/aromatic N) is 1. The zero-order valence-electron chi connectivity index (χ0n) is 11.7. The van der Waals surface area contributed by atoms with Gasteiger partial charge in [-0.2, -0.15) is 0 Å². The average Bonchev–Trinajstić information content (AvgIpc) is 2.39. The largest absolute Gasteiger partial charge is 0.462 e. The van der Waals surface area contributed by atoms with E-state index in [2.05, 4.69) is 11.8 Å². The van der Waals surface area contributed by atoms with Crippen molar-refractivity contribution in [3.05, 3.63) is 23.8 Å². The molecule has 104 valence electrons. The first-order valence-corrected chi connectivity index (χ1v) is 6.93. The van der Waals surface area contributed by atoms with Crippen LogP contribution < -0.4 is 10.6 Å². The number of benzene rings is 1. The molecule has 0 bridgehead atoms. The molecule has 1 heterocycles. The number of ether oxygens (including phenoxy) is 1. The normalized spacial score (nSPS) is 19.3. The number of piperidine rings is 1. The number of rotatable bonds is 3. The molecule has 1 aromatic rings. The van der Waals surface area contributed by atoms with E-state index >= 15 is 0 Å². The number of hydrogen-bond acceptors (Lipinski definition) is 4. The number of carbonyl (C=O) groups excluding carboxylic acids is 1. The van der Waals surface area contributed by atoms with Gasteiger partial charge in [0.05, 0.1) is 17.9 Å². The SMILES string of the molecule is CCOC(=O)c1cc(N)ccc1N1CCCC(C)C1. The standard InChI is InChI=1S/C15H22N2O2/c1-3-19-15(18)13-9-12(16)6-7-14(13)17-8-4-5-11(2)10-17/h6-7,9,11H,3-5,8,10,16H2,1-2H3. The van der Waals surface area contributed by atoms with E-state index in [9.17, 15) is 4.79 Å². The van der Waals surface area contributed by atoms with Gasteiger partial charge in [0.1, 0.15) is 0 Å². The summed E-state index contributed by atoms with van der Waals surface area (Å²) in [6.45, 7) is 6.40. The van der Waals surface area contributed by atoms with Gasteiger partial charge in [-0.1, -0.05) is 6.92 Å². The highest BCUT2D eigenvalue weighted by atomic mass is 16.5. The lowest BCUT2D eigenvalue weighted by molar-refractivity contribution is 0.0527. The minimum Gasteiger partial charge on any atom is -0.462 e. The van der Waals surface area contributed by atoms with E-state index < -0.39 is 0 Å². The van der Waals surface area contributed by atoms with Gasteiger partial charge in [0.2, 0.25) is 0 Å². The first kappa shape index (κ1) is 13.7. The van der Waals surface area contributed by atoms with Crippen LogP contribution in [0.15, 0.2) is 18.2 Å². The molecular formula is C15H22N2O2. The third-order valence-corrected chi connectivity index (χ3v) is 3.51. The maximum absolute atomic E-state index is 12.0. The van der Waals surface area contributed by atoms with Gasteiger partial charge in [0.25, 0.3) is 0 Å². The van der Waals surface area contributed by atoms with Gasteiger partial charge in [0, 0.05) is 18.8 Å². The summed E-state index contributed by atoms with van der Waals surface area (Å²) in [5.41, 5.74) is 7.91. The molecule has 19 heavy (non-hydrogen) atoms. The fraction of sp³-hybridized carbons (Fsp3) is 0.533. The Balaban J connectivity index is 2.30. The lowest BCUT2D eigenvalue weighted by Crippen LogP contribution is -2.35. The van der Waals surface area contributed by atoms with Gasteiger partial charge in [-0.25, -0.2) is 4.79 Å². The second kappa shape index (κ2) is 5.95. The maximum Gasteiger partial charge on any atom is 0.340 e. The van der Waals surface area contributed by atoms with E-state index in [1.54, 1.807) is 6.07 Å². The fourth-order valence-electron chi connectivity index (χ4n) is 2.61. The number of carbonyl (C=O) groups is 1. The van der Waals surface area contributed by atoms with Crippen LogP contribution in [0.25, 0.3) is 0 Å². The van der Waals surface area contributed by atoms with Crippen molar-refractivity contribution in [2.24, 2.45) is 5.92 Å². The smallest absolute Gasteiger partial charge is 0.340 e. The van der Waals surface area contributed by atoms with Crippen molar-refractivity contribution < 1.29 is 9.53 Å². The van der Waals surface area contributed by atoms with Crippen LogP contribution in [0.4, 0.5) is 11.4 Å². The lowest BCUT2D eigenvalue weighted by Gasteiger charge is -2.33. The van der Waals surface area contributed by atoms with E-state index in [-0.39, 0.29) is 5.97 Å². The Labute approximate surface area is 114 Å². The Kier molecular flexibility index (Phi) is 4.30. The molecule has 0 aliphatic carbocycles. The van der Waals surface area contributed by atoms with Gasteiger partial charge in [-0.05, 0) is 43.9 Å². The van der Waals surface area contributed by atoms with Gasteiger partial charge in [0.15, 0.2) is 0 Å². The van der Waals surface area contributed by atoms with Crippen molar-refractivity contribution in [2.75, 3.05) is 30.3 Å². The van der Waals surface area contributed by atoms with E-state index in [1.807, 2.05) is 19.1 Å². The summed E-state index contributed by atoms with van der Waals surface area (Å²) < 4.78 is 5.12. The van der Waals surface area contributed by atoms with Gasteiger partial charge in [-0.15, -0.1) is 0 Å². The third kappa shape index (κ3) is 3.19. The van der Waals surface area contributed by atoms with E-state index in [4.69, 9.17) is 10.5 Å². The highest BCUT2D eigenvalue weighted by Gasteiger charge is 2.22. The van der Waals surface area contributed by atoms with E-state index in [0.717, 1.165) is 25.2 Å². The average molecular weight is 262 g/mol. The monoisotopic (exact) mass is 262 g/mol. The molecule has 1 aliphatic rings. The Bertz CT molecular complexity index is 459. The second-order valence-corrected chi connectivity index (χ2v) is 5.19.